The number of rotatable bonds is 6. The van der Waals surface area contributed by atoms with E-state index in [1.165, 1.54) is 4.90 Å². The molecule has 1 aromatic heterocycles. The molecule has 198 valence electrons. The Balaban J connectivity index is 1.38. The predicted octanol–water partition coefficient (Wildman–Crippen LogP) is 2.85. The SMILES string of the molecule is O=C(O)c1ccc(O)c(C(=O)c2c(O)cc(C(=O)N3CCCC3C(=O)Nc3ccc4[nH]ncc4c3)cc2O)c1. The molecule has 1 unspecified atom stereocenters. The maximum atomic E-state index is 13.3. The second kappa shape index (κ2) is 9.82. The van der Waals surface area contributed by atoms with Crippen LogP contribution in [0.15, 0.2) is 54.7 Å². The molecule has 12 nitrogen and oxygen atoms in total. The maximum absolute atomic E-state index is 13.3. The Kier molecular flexibility index (Phi) is 6.36. The number of carboxylic acids is 1. The molecular formula is C27H22N4O8. The van der Waals surface area contributed by atoms with Crippen LogP contribution in [0, 0.1) is 0 Å². The van der Waals surface area contributed by atoms with Crippen molar-refractivity contribution in [2.45, 2.75) is 18.9 Å². The highest BCUT2D eigenvalue weighted by Gasteiger charge is 2.35. The zero-order chi connectivity index (χ0) is 27.8. The summed E-state index contributed by atoms with van der Waals surface area (Å²) in [5.41, 5.74) is -0.188. The van der Waals surface area contributed by atoms with Gasteiger partial charge in [0.25, 0.3) is 5.91 Å². The Hall–Kier alpha value is -5.39. The summed E-state index contributed by atoms with van der Waals surface area (Å²) in [6.45, 7) is 0.260. The second-order valence-corrected chi connectivity index (χ2v) is 9.07. The number of aromatic hydroxyl groups is 3. The summed E-state index contributed by atoms with van der Waals surface area (Å²) in [4.78, 5) is 51.9. The van der Waals surface area contributed by atoms with Gasteiger partial charge in [-0.1, -0.05) is 0 Å². The molecule has 1 aliphatic rings. The van der Waals surface area contributed by atoms with E-state index in [-0.39, 0.29) is 17.7 Å². The largest absolute Gasteiger partial charge is 0.507 e. The first kappa shape index (κ1) is 25.3. The Labute approximate surface area is 220 Å². The molecule has 2 heterocycles. The van der Waals surface area contributed by atoms with E-state index in [4.69, 9.17) is 0 Å². The number of aromatic carboxylic acids is 1. The van der Waals surface area contributed by atoms with Crippen molar-refractivity contribution in [3.8, 4) is 17.2 Å². The van der Waals surface area contributed by atoms with Crippen molar-refractivity contribution in [2.24, 2.45) is 0 Å². The highest BCUT2D eigenvalue weighted by atomic mass is 16.4. The number of carboxylic acid groups (broad SMARTS) is 1. The number of carbonyl (C=O) groups excluding carboxylic acids is 3. The van der Waals surface area contributed by atoms with E-state index >= 15 is 0 Å². The lowest BCUT2D eigenvalue weighted by Crippen LogP contribution is -2.43. The Bertz CT molecular complexity index is 1640. The predicted molar refractivity (Wildman–Crippen MR) is 137 cm³/mol. The minimum atomic E-state index is -1.34. The van der Waals surface area contributed by atoms with Crippen LogP contribution in [0.5, 0.6) is 17.2 Å². The molecule has 1 saturated heterocycles. The third-order valence-corrected chi connectivity index (χ3v) is 6.58. The van der Waals surface area contributed by atoms with Gasteiger partial charge in [0.15, 0.2) is 0 Å². The highest BCUT2D eigenvalue weighted by molar-refractivity contribution is 6.15. The molecule has 2 amide bonds. The summed E-state index contributed by atoms with van der Waals surface area (Å²) in [7, 11) is 0. The average Bonchev–Trinajstić information content (AvgIpc) is 3.57. The average molecular weight is 530 g/mol. The van der Waals surface area contributed by atoms with Crippen LogP contribution in [-0.2, 0) is 4.79 Å². The van der Waals surface area contributed by atoms with Crippen molar-refractivity contribution in [2.75, 3.05) is 11.9 Å². The van der Waals surface area contributed by atoms with Crippen molar-refractivity contribution >= 4 is 40.2 Å². The van der Waals surface area contributed by atoms with Crippen molar-refractivity contribution < 1.29 is 39.6 Å². The summed E-state index contributed by atoms with van der Waals surface area (Å²) in [5, 5.41) is 50.7. The van der Waals surface area contributed by atoms with Gasteiger partial charge in [0.1, 0.15) is 28.9 Å². The van der Waals surface area contributed by atoms with Gasteiger partial charge in [0.2, 0.25) is 11.7 Å². The Morgan fingerprint density at radius 3 is 2.38 bits per heavy atom. The summed E-state index contributed by atoms with van der Waals surface area (Å²) in [6, 6.07) is 9.38. The van der Waals surface area contributed by atoms with Gasteiger partial charge in [-0.3, -0.25) is 19.5 Å². The molecule has 0 spiro atoms. The molecule has 39 heavy (non-hydrogen) atoms. The molecule has 0 saturated carbocycles. The number of anilines is 1. The monoisotopic (exact) mass is 530 g/mol. The van der Waals surface area contributed by atoms with Crippen LogP contribution in [0.25, 0.3) is 10.9 Å². The van der Waals surface area contributed by atoms with Crippen LogP contribution in [0.4, 0.5) is 5.69 Å². The number of phenolic OH excluding ortho intramolecular Hbond substituents is 3. The fourth-order valence-electron chi connectivity index (χ4n) is 4.65. The normalized spacial score (nSPS) is 14.9. The van der Waals surface area contributed by atoms with E-state index in [2.05, 4.69) is 15.5 Å². The van der Waals surface area contributed by atoms with Gasteiger partial charge < -0.3 is 30.6 Å². The second-order valence-electron chi connectivity index (χ2n) is 9.07. The number of phenols is 3. The molecule has 1 fully saturated rings. The van der Waals surface area contributed by atoms with E-state index < -0.39 is 58.0 Å². The van der Waals surface area contributed by atoms with Crippen LogP contribution < -0.4 is 5.32 Å². The number of hydrogen-bond acceptors (Lipinski definition) is 8. The van der Waals surface area contributed by atoms with Gasteiger partial charge in [0.05, 0.1) is 22.8 Å². The van der Waals surface area contributed by atoms with Gasteiger partial charge in [-0.15, -0.1) is 0 Å². The van der Waals surface area contributed by atoms with Crippen LogP contribution in [0.1, 0.15) is 49.5 Å². The first-order valence-electron chi connectivity index (χ1n) is 11.9. The van der Waals surface area contributed by atoms with Gasteiger partial charge in [-0.2, -0.15) is 5.10 Å². The third-order valence-electron chi connectivity index (χ3n) is 6.58. The Morgan fingerprint density at radius 1 is 0.923 bits per heavy atom. The number of nitrogens with one attached hydrogen (secondary N) is 2. The molecule has 0 aliphatic carbocycles. The van der Waals surface area contributed by atoms with Crippen molar-refractivity contribution in [3.05, 3.63) is 77.0 Å². The van der Waals surface area contributed by atoms with Crippen LogP contribution in [0.2, 0.25) is 0 Å². The van der Waals surface area contributed by atoms with Crippen molar-refractivity contribution in [1.82, 2.24) is 15.1 Å². The van der Waals surface area contributed by atoms with E-state index in [0.717, 1.165) is 41.2 Å². The number of nitrogens with zero attached hydrogens (tertiary/aromatic N) is 2. The number of aromatic amines is 1. The highest BCUT2D eigenvalue weighted by Crippen LogP contribution is 2.35. The fourth-order valence-corrected chi connectivity index (χ4v) is 4.65. The molecular weight excluding hydrogens is 508 g/mol. The lowest BCUT2D eigenvalue weighted by molar-refractivity contribution is -0.119. The van der Waals surface area contributed by atoms with E-state index in [9.17, 15) is 39.6 Å². The smallest absolute Gasteiger partial charge is 0.335 e. The molecule has 0 bridgehead atoms. The minimum Gasteiger partial charge on any atom is -0.507 e. The van der Waals surface area contributed by atoms with Crippen molar-refractivity contribution in [1.29, 1.82) is 0 Å². The number of H-pyrrole nitrogens is 1. The number of amides is 2. The summed E-state index contributed by atoms with van der Waals surface area (Å²) in [5.74, 6) is -5.49. The summed E-state index contributed by atoms with van der Waals surface area (Å²) < 4.78 is 0. The molecule has 0 radical (unpaired) electrons. The zero-order valence-corrected chi connectivity index (χ0v) is 20.2. The molecule has 3 aromatic carbocycles. The lowest BCUT2D eigenvalue weighted by Gasteiger charge is -2.24. The number of aromatic nitrogens is 2. The standard InChI is InChI=1S/C27H22N4O8/c32-20-6-3-13(27(38)39)9-17(20)24(35)23-21(33)10-14(11-22(23)34)26(37)31-7-1-2-19(31)25(36)29-16-4-5-18-15(8-16)12-28-30-18/h3-6,8-12,19,32-34H,1-2,7H2,(H,28,30)(H,29,36)(H,38,39). The number of fused-ring (bicyclic) bond motifs is 1. The van der Waals surface area contributed by atoms with Crippen LogP contribution >= 0.6 is 0 Å². The van der Waals surface area contributed by atoms with Crippen molar-refractivity contribution in [3.63, 3.8) is 0 Å². The molecule has 1 aliphatic heterocycles. The van der Waals surface area contributed by atoms with E-state index in [0.29, 0.717) is 18.5 Å². The summed E-state index contributed by atoms with van der Waals surface area (Å²) >= 11 is 0. The van der Waals surface area contributed by atoms with Crippen LogP contribution in [0.3, 0.4) is 0 Å². The number of ketones is 1. The number of benzene rings is 3. The Morgan fingerprint density at radius 2 is 1.67 bits per heavy atom. The maximum Gasteiger partial charge on any atom is 0.335 e. The topological polar surface area (TPSA) is 193 Å². The lowest BCUT2D eigenvalue weighted by atomic mass is 9.97. The quantitative estimate of drug-likeness (QED) is 0.203. The van der Waals surface area contributed by atoms with Gasteiger partial charge in [0, 0.05) is 23.2 Å². The van der Waals surface area contributed by atoms with Gasteiger partial charge in [-0.05, 0) is 61.4 Å². The molecule has 1 atom stereocenters. The van der Waals surface area contributed by atoms with Gasteiger partial charge in [-0.25, -0.2) is 4.79 Å². The molecule has 5 rings (SSSR count). The molecule has 6 N–H and O–H groups in total. The van der Waals surface area contributed by atoms with E-state index in [1.54, 1.807) is 24.4 Å². The number of likely N-dealkylation sites (tertiary alicyclic amines) is 1. The number of hydrogen-bond donors (Lipinski definition) is 6. The molecule has 12 heteroatoms. The first-order valence-corrected chi connectivity index (χ1v) is 11.9. The van der Waals surface area contributed by atoms with E-state index in [1.807, 2.05) is 0 Å². The fraction of sp³-hybridized carbons (Fsp3) is 0.148. The zero-order valence-electron chi connectivity index (χ0n) is 20.2. The third kappa shape index (κ3) is 4.70. The van der Waals surface area contributed by atoms with Crippen LogP contribution in [-0.4, -0.2) is 71.7 Å². The molecule has 4 aromatic rings. The summed E-state index contributed by atoms with van der Waals surface area (Å²) in [6.07, 6.45) is 2.57. The number of carbonyl (C=O) groups is 4. The first-order chi connectivity index (χ1) is 18.6. The minimum absolute atomic E-state index is 0.162. The van der Waals surface area contributed by atoms with Gasteiger partial charge >= 0.3 is 5.97 Å².